The first kappa shape index (κ1) is 29.0. The van der Waals surface area contributed by atoms with E-state index in [4.69, 9.17) is 5.73 Å². The van der Waals surface area contributed by atoms with Gasteiger partial charge in [0.1, 0.15) is 18.1 Å². The van der Waals surface area contributed by atoms with Crippen molar-refractivity contribution in [1.29, 1.82) is 0 Å². The highest BCUT2D eigenvalue weighted by Crippen LogP contribution is 2.10. The van der Waals surface area contributed by atoms with E-state index in [1.807, 2.05) is 13.8 Å². The number of rotatable bonds is 14. The van der Waals surface area contributed by atoms with Crippen LogP contribution in [-0.2, 0) is 25.6 Å². The summed E-state index contributed by atoms with van der Waals surface area (Å²) in [6.07, 6.45) is 2.64. The van der Waals surface area contributed by atoms with E-state index in [9.17, 15) is 29.4 Å². The van der Waals surface area contributed by atoms with Crippen LogP contribution in [0.4, 0.5) is 0 Å². The van der Waals surface area contributed by atoms with Gasteiger partial charge in [0.05, 0.1) is 18.5 Å². The maximum Gasteiger partial charge on any atom is 0.326 e. The molecule has 6 atom stereocenters. The number of nitrogens with zero attached hydrogens (tertiary/aromatic N) is 1. The molecule has 0 radical (unpaired) electrons. The molecule has 0 spiro atoms. The van der Waals surface area contributed by atoms with Gasteiger partial charge < -0.3 is 36.9 Å². The first-order valence-electron chi connectivity index (χ1n) is 11.4. The second-order valence-corrected chi connectivity index (χ2v) is 9.02. The van der Waals surface area contributed by atoms with Gasteiger partial charge in [0.25, 0.3) is 0 Å². The van der Waals surface area contributed by atoms with Crippen molar-refractivity contribution in [2.24, 2.45) is 17.6 Å². The van der Waals surface area contributed by atoms with Crippen LogP contribution >= 0.6 is 0 Å². The molecule has 1 aromatic rings. The van der Waals surface area contributed by atoms with Gasteiger partial charge >= 0.3 is 5.97 Å². The number of aromatic nitrogens is 2. The Balaban J connectivity index is 2.93. The van der Waals surface area contributed by atoms with Crippen molar-refractivity contribution in [2.45, 2.75) is 84.2 Å². The second-order valence-electron chi connectivity index (χ2n) is 9.02. The molecular formula is C22H38N6O6. The van der Waals surface area contributed by atoms with Crippen molar-refractivity contribution >= 4 is 23.7 Å². The Kier molecular flexibility index (Phi) is 11.7. The van der Waals surface area contributed by atoms with Gasteiger partial charge in [0.15, 0.2) is 0 Å². The molecule has 0 aliphatic heterocycles. The van der Waals surface area contributed by atoms with Gasteiger partial charge in [0, 0.05) is 18.3 Å². The number of amides is 3. The number of H-pyrrole nitrogens is 1. The summed E-state index contributed by atoms with van der Waals surface area (Å²) in [5.41, 5.74) is 6.62. The van der Waals surface area contributed by atoms with Crippen LogP contribution in [0.25, 0.3) is 0 Å². The number of aliphatic carboxylic acids is 1. The van der Waals surface area contributed by atoms with Gasteiger partial charge in [-0.1, -0.05) is 34.1 Å². The molecule has 0 aromatic carbocycles. The fourth-order valence-electron chi connectivity index (χ4n) is 3.29. The molecule has 8 N–H and O–H groups in total. The van der Waals surface area contributed by atoms with Crippen molar-refractivity contribution in [2.75, 3.05) is 0 Å². The summed E-state index contributed by atoms with van der Waals surface area (Å²) >= 11 is 0. The summed E-state index contributed by atoms with van der Waals surface area (Å²) < 4.78 is 0. The van der Waals surface area contributed by atoms with Crippen molar-refractivity contribution in [3.63, 3.8) is 0 Å². The van der Waals surface area contributed by atoms with Crippen LogP contribution in [0.15, 0.2) is 12.5 Å². The lowest BCUT2D eigenvalue weighted by molar-refractivity contribution is -0.144. The molecule has 0 bridgehead atoms. The Labute approximate surface area is 199 Å². The molecular weight excluding hydrogens is 444 g/mol. The Morgan fingerprint density at radius 2 is 1.65 bits per heavy atom. The molecule has 12 heteroatoms. The first-order chi connectivity index (χ1) is 15.9. The Morgan fingerprint density at radius 1 is 1.03 bits per heavy atom. The molecule has 0 saturated heterocycles. The third-order valence-corrected chi connectivity index (χ3v) is 5.51. The molecule has 0 aliphatic carbocycles. The summed E-state index contributed by atoms with van der Waals surface area (Å²) in [7, 11) is 0. The van der Waals surface area contributed by atoms with Crippen molar-refractivity contribution < 1.29 is 29.4 Å². The van der Waals surface area contributed by atoms with Crippen molar-refractivity contribution in [3.05, 3.63) is 18.2 Å². The summed E-state index contributed by atoms with van der Waals surface area (Å²) in [6.45, 7) is 8.49. The monoisotopic (exact) mass is 482 g/mol. The van der Waals surface area contributed by atoms with E-state index in [1.54, 1.807) is 20.0 Å². The lowest BCUT2D eigenvalue weighted by Crippen LogP contribution is -2.60. The van der Waals surface area contributed by atoms with Gasteiger partial charge in [-0.2, -0.15) is 0 Å². The van der Waals surface area contributed by atoms with Crippen LogP contribution in [-0.4, -0.2) is 74.1 Å². The highest BCUT2D eigenvalue weighted by molar-refractivity contribution is 5.94. The number of aliphatic hydroxyl groups is 1. The van der Waals surface area contributed by atoms with E-state index in [2.05, 4.69) is 25.9 Å². The molecule has 12 nitrogen and oxygen atoms in total. The largest absolute Gasteiger partial charge is 0.480 e. The summed E-state index contributed by atoms with van der Waals surface area (Å²) in [6, 6.07) is -4.55. The minimum atomic E-state index is -1.41. The quantitative estimate of drug-likeness (QED) is 0.180. The molecule has 1 heterocycles. The SMILES string of the molecule is CCC(C)C(NC(=O)C(NC(=O)C(CC(C)C)NC(=O)C(N)Cc1cnc[nH]1)C(C)O)C(=O)O. The number of imidazole rings is 1. The summed E-state index contributed by atoms with van der Waals surface area (Å²) in [5, 5.41) is 27.0. The third-order valence-electron chi connectivity index (χ3n) is 5.51. The highest BCUT2D eigenvalue weighted by atomic mass is 16.4. The average molecular weight is 483 g/mol. The number of aromatic amines is 1. The standard InChI is InChI=1S/C22H38N6O6/c1-6-12(4)17(22(33)34)27-21(32)18(13(5)29)28-20(31)16(7-11(2)3)26-19(30)15(23)8-14-9-24-10-25-14/h9-13,15-18,29H,6-8,23H2,1-5H3,(H,24,25)(H,26,30)(H,27,32)(H,28,31)(H,33,34). The minimum Gasteiger partial charge on any atom is -0.480 e. The smallest absolute Gasteiger partial charge is 0.326 e. The summed E-state index contributed by atoms with van der Waals surface area (Å²) in [4.78, 5) is 56.6. The number of nitrogens with one attached hydrogen (secondary N) is 4. The number of nitrogens with two attached hydrogens (primary N) is 1. The summed E-state index contributed by atoms with van der Waals surface area (Å²) in [5.74, 6) is -3.64. The van der Waals surface area contributed by atoms with Crippen LogP contribution < -0.4 is 21.7 Å². The lowest BCUT2D eigenvalue weighted by atomic mass is 9.98. The number of carboxylic acid groups (broad SMARTS) is 1. The molecule has 0 aliphatic rings. The predicted octanol–water partition coefficient (Wildman–Crippen LogP) is -0.708. The van der Waals surface area contributed by atoms with Gasteiger partial charge in [-0.05, 0) is 25.2 Å². The Hall–Kier alpha value is -2.99. The van der Waals surface area contributed by atoms with E-state index in [0.717, 1.165) is 0 Å². The fourth-order valence-corrected chi connectivity index (χ4v) is 3.29. The zero-order chi connectivity index (χ0) is 26.0. The maximum absolute atomic E-state index is 13.0. The molecule has 192 valence electrons. The molecule has 0 fully saturated rings. The van der Waals surface area contributed by atoms with E-state index < -0.39 is 54.0 Å². The van der Waals surface area contributed by atoms with Crippen molar-refractivity contribution in [3.8, 4) is 0 Å². The molecule has 0 saturated carbocycles. The molecule has 1 aromatic heterocycles. The zero-order valence-electron chi connectivity index (χ0n) is 20.4. The lowest BCUT2D eigenvalue weighted by Gasteiger charge is -2.28. The van der Waals surface area contributed by atoms with E-state index in [0.29, 0.717) is 12.1 Å². The number of carbonyl (C=O) groups excluding carboxylic acids is 3. The van der Waals surface area contributed by atoms with Crippen LogP contribution in [0.1, 0.15) is 53.2 Å². The van der Waals surface area contributed by atoms with Crippen LogP contribution in [0.5, 0.6) is 0 Å². The molecule has 3 amide bonds. The first-order valence-corrected chi connectivity index (χ1v) is 11.4. The molecule has 1 rings (SSSR count). The van der Waals surface area contributed by atoms with Gasteiger partial charge in [-0.3, -0.25) is 14.4 Å². The number of carbonyl (C=O) groups is 4. The van der Waals surface area contributed by atoms with E-state index >= 15 is 0 Å². The number of carboxylic acids is 1. The maximum atomic E-state index is 13.0. The van der Waals surface area contributed by atoms with Crippen LogP contribution in [0.2, 0.25) is 0 Å². The van der Waals surface area contributed by atoms with Gasteiger partial charge in [-0.15, -0.1) is 0 Å². The van der Waals surface area contributed by atoms with E-state index in [-0.39, 0.29) is 24.7 Å². The average Bonchev–Trinajstić information content (AvgIpc) is 3.26. The molecule has 34 heavy (non-hydrogen) atoms. The number of hydrogen-bond acceptors (Lipinski definition) is 7. The third kappa shape index (κ3) is 9.10. The van der Waals surface area contributed by atoms with E-state index in [1.165, 1.54) is 13.3 Å². The van der Waals surface area contributed by atoms with Crippen LogP contribution in [0, 0.1) is 11.8 Å². The van der Waals surface area contributed by atoms with Gasteiger partial charge in [0.2, 0.25) is 17.7 Å². The Bertz CT molecular complexity index is 813. The minimum absolute atomic E-state index is 0.0144. The van der Waals surface area contributed by atoms with Crippen molar-refractivity contribution in [1.82, 2.24) is 25.9 Å². The van der Waals surface area contributed by atoms with Gasteiger partial charge in [-0.25, -0.2) is 9.78 Å². The number of aliphatic hydroxyl groups excluding tert-OH is 1. The normalized spacial score (nSPS) is 16.6. The number of hydrogen-bond donors (Lipinski definition) is 7. The predicted molar refractivity (Wildman–Crippen MR) is 124 cm³/mol. The molecule has 6 unspecified atom stereocenters. The van der Waals surface area contributed by atoms with Crippen LogP contribution in [0.3, 0.4) is 0 Å². The topological polar surface area (TPSA) is 200 Å². The Morgan fingerprint density at radius 3 is 2.12 bits per heavy atom. The fraction of sp³-hybridized carbons (Fsp3) is 0.682. The second kappa shape index (κ2) is 13.7. The highest BCUT2D eigenvalue weighted by Gasteiger charge is 2.34. The zero-order valence-corrected chi connectivity index (χ0v) is 20.4.